The van der Waals surface area contributed by atoms with Crippen LogP contribution in [0.3, 0.4) is 0 Å². The van der Waals surface area contributed by atoms with Crippen LogP contribution in [0.15, 0.2) is 47.1 Å². The lowest BCUT2D eigenvalue weighted by Gasteiger charge is -2.03. The van der Waals surface area contributed by atoms with Crippen LogP contribution in [0.2, 0.25) is 5.02 Å². The minimum Gasteiger partial charge on any atom is -0.441 e. The molecule has 7 nitrogen and oxygen atoms in total. The molecule has 0 atom stereocenters. The first-order valence-corrected chi connectivity index (χ1v) is 8.03. The second kappa shape index (κ2) is 7.76. The average molecular weight is 358 g/mol. The largest absolute Gasteiger partial charge is 0.441 e. The van der Waals surface area contributed by atoms with E-state index in [0.717, 1.165) is 5.56 Å². The fraction of sp³-hybridized carbons (Fsp3) is 0.176. The molecule has 0 spiro atoms. The van der Waals surface area contributed by atoms with Crippen molar-refractivity contribution < 1.29 is 9.21 Å². The lowest BCUT2D eigenvalue weighted by molar-refractivity contribution is -0.121. The van der Waals surface area contributed by atoms with Crippen molar-refractivity contribution in [3.8, 4) is 11.3 Å². The number of nitrogens with two attached hydrogens (primary N) is 1. The Morgan fingerprint density at radius 1 is 1.20 bits per heavy atom. The van der Waals surface area contributed by atoms with Gasteiger partial charge in [0, 0.05) is 29.6 Å². The Balaban J connectivity index is 1.50. The SMILES string of the molecule is Nc1ccnc(CNC(=O)CCc2ncc(-c3ccc(Cl)cc3)o2)n1. The van der Waals surface area contributed by atoms with Gasteiger partial charge in [0.15, 0.2) is 11.7 Å². The summed E-state index contributed by atoms with van der Waals surface area (Å²) in [6.07, 6.45) is 3.84. The van der Waals surface area contributed by atoms with Gasteiger partial charge in [-0.15, -0.1) is 0 Å². The van der Waals surface area contributed by atoms with Crippen LogP contribution in [0.1, 0.15) is 18.1 Å². The zero-order valence-corrected chi connectivity index (χ0v) is 14.0. The number of nitrogen functional groups attached to an aromatic ring is 1. The summed E-state index contributed by atoms with van der Waals surface area (Å²) >= 11 is 5.86. The third kappa shape index (κ3) is 4.77. The second-order valence-corrected chi connectivity index (χ2v) is 5.74. The van der Waals surface area contributed by atoms with Crippen molar-refractivity contribution in [2.75, 3.05) is 5.73 Å². The first-order valence-electron chi connectivity index (χ1n) is 7.65. The summed E-state index contributed by atoms with van der Waals surface area (Å²) in [5.41, 5.74) is 6.45. The van der Waals surface area contributed by atoms with E-state index >= 15 is 0 Å². The van der Waals surface area contributed by atoms with Gasteiger partial charge in [-0.1, -0.05) is 11.6 Å². The van der Waals surface area contributed by atoms with Gasteiger partial charge >= 0.3 is 0 Å². The van der Waals surface area contributed by atoms with Crippen molar-refractivity contribution in [2.24, 2.45) is 0 Å². The van der Waals surface area contributed by atoms with Crippen molar-refractivity contribution in [3.05, 3.63) is 59.5 Å². The molecule has 1 aromatic carbocycles. The average Bonchev–Trinajstić information content (AvgIpc) is 3.08. The second-order valence-electron chi connectivity index (χ2n) is 5.30. The molecule has 0 saturated carbocycles. The number of anilines is 1. The molecule has 2 heterocycles. The predicted octanol–water partition coefficient (Wildman–Crippen LogP) is 2.62. The van der Waals surface area contributed by atoms with E-state index in [-0.39, 0.29) is 18.9 Å². The fourth-order valence-corrected chi connectivity index (χ4v) is 2.29. The molecule has 25 heavy (non-hydrogen) atoms. The number of carbonyl (C=O) groups is 1. The molecule has 3 N–H and O–H groups in total. The van der Waals surface area contributed by atoms with Gasteiger partial charge < -0.3 is 15.5 Å². The fourth-order valence-electron chi connectivity index (χ4n) is 2.16. The molecule has 2 aromatic heterocycles. The van der Waals surface area contributed by atoms with E-state index in [0.29, 0.717) is 34.7 Å². The van der Waals surface area contributed by atoms with Crippen molar-refractivity contribution in [1.82, 2.24) is 20.3 Å². The number of nitrogens with zero attached hydrogens (tertiary/aromatic N) is 3. The lowest BCUT2D eigenvalue weighted by Crippen LogP contribution is -2.24. The number of oxazole rings is 1. The van der Waals surface area contributed by atoms with Crippen LogP contribution in [0, 0.1) is 0 Å². The number of nitrogens with one attached hydrogen (secondary N) is 1. The number of aryl methyl sites for hydroxylation is 1. The van der Waals surface area contributed by atoms with Gasteiger partial charge in [0.1, 0.15) is 11.6 Å². The van der Waals surface area contributed by atoms with Crippen molar-refractivity contribution in [3.63, 3.8) is 0 Å². The molecule has 0 fully saturated rings. The highest BCUT2D eigenvalue weighted by Gasteiger charge is 2.09. The maximum absolute atomic E-state index is 11.9. The van der Waals surface area contributed by atoms with Crippen LogP contribution in [0.4, 0.5) is 5.82 Å². The topological polar surface area (TPSA) is 107 Å². The zero-order chi connectivity index (χ0) is 17.6. The number of carbonyl (C=O) groups excluding carboxylic acids is 1. The minimum atomic E-state index is -0.141. The van der Waals surface area contributed by atoms with E-state index in [9.17, 15) is 4.79 Å². The molecule has 128 valence electrons. The number of hydrogen-bond acceptors (Lipinski definition) is 6. The molecule has 1 amide bonds. The summed E-state index contributed by atoms with van der Waals surface area (Å²) in [4.78, 5) is 24.1. The van der Waals surface area contributed by atoms with E-state index in [1.807, 2.05) is 12.1 Å². The molecule has 0 aliphatic carbocycles. The summed E-state index contributed by atoms with van der Waals surface area (Å²) < 4.78 is 5.66. The van der Waals surface area contributed by atoms with Crippen molar-refractivity contribution >= 4 is 23.3 Å². The van der Waals surface area contributed by atoms with Gasteiger partial charge in [0.25, 0.3) is 0 Å². The van der Waals surface area contributed by atoms with Crippen LogP contribution < -0.4 is 11.1 Å². The molecule has 0 aliphatic rings. The Hall–Kier alpha value is -2.93. The van der Waals surface area contributed by atoms with Gasteiger partial charge in [0.05, 0.1) is 12.7 Å². The third-order valence-electron chi connectivity index (χ3n) is 3.42. The summed E-state index contributed by atoms with van der Waals surface area (Å²) in [6.45, 7) is 0.228. The van der Waals surface area contributed by atoms with Gasteiger partial charge in [-0.2, -0.15) is 0 Å². The molecule has 3 rings (SSSR count). The Bertz CT molecular complexity index is 863. The number of hydrogen-bond donors (Lipinski definition) is 2. The van der Waals surface area contributed by atoms with E-state index in [1.54, 1.807) is 30.6 Å². The number of rotatable bonds is 6. The van der Waals surface area contributed by atoms with E-state index in [1.165, 1.54) is 0 Å². The molecular formula is C17H16ClN5O2. The molecule has 8 heteroatoms. The van der Waals surface area contributed by atoms with Crippen LogP contribution >= 0.6 is 11.6 Å². The van der Waals surface area contributed by atoms with Crippen LogP contribution in [-0.4, -0.2) is 20.9 Å². The van der Waals surface area contributed by atoms with Crippen molar-refractivity contribution in [2.45, 2.75) is 19.4 Å². The number of amides is 1. The lowest BCUT2D eigenvalue weighted by atomic mass is 10.2. The predicted molar refractivity (Wildman–Crippen MR) is 93.6 cm³/mol. The number of halogens is 1. The van der Waals surface area contributed by atoms with Gasteiger partial charge in [-0.3, -0.25) is 4.79 Å². The van der Waals surface area contributed by atoms with Crippen LogP contribution in [0.5, 0.6) is 0 Å². The normalized spacial score (nSPS) is 10.6. The first-order chi connectivity index (χ1) is 12.1. The van der Waals surface area contributed by atoms with Crippen LogP contribution in [-0.2, 0) is 17.8 Å². The van der Waals surface area contributed by atoms with E-state index < -0.39 is 0 Å². The van der Waals surface area contributed by atoms with E-state index in [4.69, 9.17) is 21.8 Å². The zero-order valence-electron chi connectivity index (χ0n) is 13.3. The molecule has 0 saturated heterocycles. The molecule has 0 aliphatic heterocycles. The van der Waals surface area contributed by atoms with E-state index in [2.05, 4.69) is 20.3 Å². The molecule has 0 bridgehead atoms. The highest BCUT2D eigenvalue weighted by Crippen LogP contribution is 2.22. The molecule has 0 unspecified atom stereocenters. The Morgan fingerprint density at radius 2 is 2.00 bits per heavy atom. The molecular weight excluding hydrogens is 342 g/mol. The monoisotopic (exact) mass is 357 g/mol. The Kier molecular flexibility index (Phi) is 5.25. The molecule has 3 aromatic rings. The maximum atomic E-state index is 11.9. The first kappa shape index (κ1) is 16.9. The van der Waals surface area contributed by atoms with Gasteiger partial charge in [-0.05, 0) is 30.3 Å². The van der Waals surface area contributed by atoms with Crippen LogP contribution in [0.25, 0.3) is 11.3 Å². The Morgan fingerprint density at radius 3 is 2.76 bits per heavy atom. The third-order valence-corrected chi connectivity index (χ3v) is 3.67. The highest BCUT2D eigenvalue weighted by atomic mass is 35.5. The van der Waals surface area contributed by atoms with Gasteiger partial charge in [-0.25, -0.2) is 15.0 Å². The standard InChI is InChI=1S/C17H16ClN5O2/c18-12-3-1-11(2-4-12)13-9-22-17(25-13)6-5-16(24)21-10-15-20-8-7-14(19)23-15/h1-4,7-9H,5-6,10H2,(H,21,24)(H2,19,20,23). The molecule has 0 radical (unpaired) electrons. The smallest absolute Gasteiger partial charge is 0.220 e. The quantitative estimate of drug-likeness (QED) is 0.702. The maximum Gasteiger partial charge on any atom is 0.220 e. The summed E-state index contributed by atoms with van der Waals surface area (Å²) in [5.74, 6) is 1.83. The number of benzene rings is 1. The summed E-state index contributed by atoms with van der Waals surface area (Å²) in [5, 5.41) is 3.39. The van der Waals surface area contributed by atoms with Crippen molar-refractivity contribution in [1.29, 1.82) is 0 Å². The summed E-state index contributed by atoms with van der Waals surface area (Å²) in [6, 6.07) is 8.86. The van der Waals surface area contributed by atoms with Gasteiger partial charge in [0.2, 0.25) is 5.91 Å². The minimum absolute atomic E-state index is 0.141. The Labute approximate surface area is 149 Å². The summed E-state index contributed by atoms with van der Waals surface area (Å²) in [7, 11) is 0. The number of aromatic nitrogens is 3. The highest BCUT2D eigenvalue weighted by molar-refractivity contribution is 6.30.